The number of carbonyl (C=O) groups excluding carboxylic acids is 3. The Hall–Kier alpha value is -3.54. The maximum Gasteiger partial charge on any atom is 0.255 e. The number of aliphatic hydroxyl groups excluding tert-OH is 3. The van der Waals surface area contributed by atoms with E-state index < -0.39 is 70.2 Å². The Bertz CT molecular complexity index is 1400. The first-order valence-electron chi connectivity index (χ1n) is 12.7. The molecule has 4 rings (SSSR count). The average Bonchev–Trinajstić information content (AvgIpc) is 2.80. The van der Waals surface area contributed by atoms with Crippen LogP contribution in [0.4, 0.5) is 0 Å². The Morgan fingerprint density at radius 1 is 1.21 bits per heavy atom. The third-order valence-corrected chi connectivity index (χ3v) is 8.23. The minimum Gasteiger partial charge on any atom is -0.508 e. The molecule has 0 aliphatic heterocycles. The monoisotopic (exact) mass is 541 g/mol. The van der Waals surface area contributed by atoms with Crippen molar-refractivity contribution in [3.05, 3.63) is 45.2 Å². The summed E-state index contributed by atoms with van der Waals surface area (Å²) in [4.78, 5) is 44.9. The molecule has 11 heteroatoms. The summed E-state index contributed by atoms with van der Waals surface area (Å²) in [6.07, 6.45) is 0.128. The van der Waals surface area contributed by atoms with Crippen molar-refractivity contribution in [3.63, 3.8) is 0 Å². The topological polar surface area (TPSA) is 194 Å². The Labute approximate surface area is 226 Å². The highest BCUT2D eigenvalue weighted by Gasteiger charge is 2.64. The van der Waals surface area contributed by atoms with Crippen molar-refractivity contribution in [2.24, 2.45) is 22.6 Å². The van der Waals surface area contributed by atoms with Crippen LogP contribution in [-0.4, -0.2) is 86.1 Å². The zero-order valence-corrected chi connectivity index (χ0v) is 22.9. The van der Waals surface area contributed by atoms with Gasteiger partial charge < -0.3 is 31.3 Å². The number of benzene rings is 1. The molecule has 4 atom stereocenters. The molecular formula is C28H35N3O8. The number of phenols is 1. The molecule has 1 aromatic rings. The van der Waals surface area contributed by atoms with Crippen LogP contribution in [0.3, 0.4) is 0 Å². The molecule has 0 saturated heterocycles. The highest BCUT2D eigenvalue weighted by molar-refractivity contribution is 6.24. The number of phenolic OH excluding ortho intramolecular Hbond substituents is 1. The van der Waals surface area contributed by atoms with E-state index in [1.807, 2.05) is 20.8 Å². The first-order chi connectivity index (χ1) is 18.0. The number of Topliss-reactive ketones (excluding diaryl/α,β-unsaturated/α-hetero) is 2. The number of fused-ring (bicyclic) bond motifs is 3. The van der Waals surface area contributed by atoms with Gasteiger partial charge in [-0.15, -0.1) is 0 Å². The van der Waals surface area contributed by atoms with Crippen LogP contribution in [0, 0.1) is 11.8 Å². The Kier molecular flexibility index (Phi) is 6.78. The smallest absolute Gasteiger partial charge is 0.255 e. The number of primary amides is 1. The van der Waals surface area contributed by atoms with Crippen molar-refractivity contribution >= 4 is 28.9 Å². The van der Waals surface area contributed by atoms with E-state index >= 15 is 0 Å². The molecule has 7 N–H and O–H groups in total. The fourth-order valence-electron chi connectivity index (χ4n) is 6.40. The van der Waals surface area contributed by atoms with Crippen LogP contribution >= 0.6 is 0 Å². The number of carbonyl (C=O) groups is 3. The second-order valence-corrected chi connectivity index (χ2v) is 11.8. The lowest BCUT2D eigenvalue weighted by Crippen LogP contribution is -2.65. The van der Waals surface area contributed by atoms with E-state index in [4.69, 9.17) is 5.73 Å². The number of nitrogens with zero attached hydrogens (tertiary/aromatic N) is 2. The second-order valence-electron chi connectivity index (χ2n) is 11.8. The van der Waals surface area contributed by atoms with Gasteiger partial charge >= 0.3 is 0 Å². The SMILES string of the molecule is CC(=NCO)c1cc(C(C)(C)C)c(O)c2c1C[C@H]1C[C@H]3[C@H](N(C)C)C(=O)C(C(N)=O)=C(O)[C@@]3(O)C(=O)C1=C2O. The number of likely N-dealkylation sites (N-methyl/N-ethyl adjacent to an activating group) is 1. The van der Waals surface area contributed by atoms with Crippen LogP contribution < -0.4 is 5.73 Å². The molecule has 0 radical (unpaired) electrons. The van der Waals surface area contributed by atoms with Gasteiger partial charge in [0.15, 0.2) is 11.4 Å². The van der Waals surface area contributed by atoms with Gasteiger partial charge in [0.1, 0.15) is 29.6 Å². The molecule has 0 aromatic heterocycles. The predicted octanol–water partition coefficient (Wildman–Crippen LogP) is 1.02. The lowest BCUT2D eigenvalue weighted by atomic mass is 9.57. The summed E-state index contributed by atoms with van der Waals surface area (Å²) in [6, 6.07) is 0.596. The summed E-state index contributed by atoms with van der Waals surface area (Å²) in [7, 11) is 3.10. The quantitative estimate of drug-likeness (QED) is 0.238. The fourth-order valence-corrected chi connectivity index (χ4v) is 6.40. The Balaban J connectivity index is 2.05. The molecule has 11 nitrogen and oxygen atoms in total. The molecule has 1 amide bonds. The lowest BCUT2D eigenvalue weighted by molar-refractivity contribution is -0.153. The largest absolute Gasteiger partial charge is 0.508 e. The van der Waals surface area contributed by atoms with Crippen LogP contribution in [0.1, 0.15) is 56.4 Å². The fraction of sp³-hybridized carbons (Fsp3) is 0.500. The number of rotatable bonds is 4. The third kappa shape index (κ3) is 3.98. The summed E-state index contributed by atoms with van der Waals surface area (Å²) in [5, 5.41) is 55.1. The molecule has 0 heterocycles. The zero-order chi connectivity index (χ0) is 29.4. The van der Waals surface area contributed by atoms with E-state index in [1.165, 1.54) is 4.90 Å². The van der Waals surface area contributed by atoms with Gasteiger partial charge in [-0.05, 0) is 62.4 Å². The van der Waals surface area contributed by atoms with Crippen LogP contribution in [0.15, 0.2) is 28.0 Å². The molecule has 0 unspecified atom stereocenters. The van der Waals surface area contributed by atoms with Crippen molar-refractivity contribution in [2.45, 2.75) is 57.6 Å². The molecule has 1 saturated carbocycles. The average molecular weight is 542 g/mol. The van der Waals surface area contributed by atoms with Gasteiger partial charge in [-0.3, -0.25) is 24.3 Å². The molecule has 0 spiro atoms. The Morgan fingerprint density at radius 3 is 2.33 bits per heavy atom. The van der Waals surface area contributed by atoms with Gasteiger partial charge in [0.2, 0.25) is 5.78 Å². The third-order valence-electron chi connectivity index (χ3n) is 8.23. The summed E-state index contributed by atoms with van der Waals surface area (Å²) >= 11 is 0. The van der Waals surface area contributed by atoms with Crippen molar-refractivity contribution < 1.29 is 39.9 Å². The standard InChI is InChI=1S/C28H35N3O8/c1-11(30-10-32)13-9-16(27(2,3)4)21(33)18-14(13)7-12-8-15-20(31(5)6)23(35)19(26(29)38)25(37)28(15,39)24(36)17(12)22(18)34/h9,12,15,20,32-34,37,39H,7-8,10H2,1-6H3,(H2,29,38)/t12-,15-,20-,28-/m0/s1. The summed E-state index contributed by atoms with van der Waals surface area (Å²) in [6.45, 7) is 6.80. The Morgan fingerprint density at radius 2 is 1.82 bits per heavy atom. The van der Waals surface area contributed by atoms with E-state index in [2.05, 4.69) is 4.99 Å². The van der Waals surface area contributed by atoms with E-state index in [0.717, 1.165) is 0 Å². The van der Waals surface area contributed by atoms with Gasteiger partial charge in [-0.2, -0.15) is 0 Å². The van der Waals surface area contributed by atoms with Gasteiger partial charge in [0, 0.05) is 22.8 Å². The molecular weight excluding hydrogens is 506 g/mol. The summed E-state index contributed by atoms with van der Waals surface area (Å²) in [5.74, 6) is -6.95. The van der Waals surface area contributed by atoms with Crippen LogP contribution in [0.2, 0.25) is 0 Å². The molecule has 39 heavy (non-hydrogen) atoms. The van der Waals surface area contributed by atoms with Crippen molar-refractivity contribution in [3.8, 4) is 5.75 Å². The van der Waals surface area contributed by atoms with Crippen molar-refractivity contribution in [1.82, 2.24) is 4.90 Å². The van der Waals surface area contributed by atoms with Gasteiger partial charge in [0.25, 0.3) is 5.91 Å². The minimum atomic E-state index is -2.70. The zero-order valence-electron chi connectivity index (χ0n) is 22.9. The van der Waals surface area contributed by atoms with Crippen LogP contribution in [0.25, 0.3) is 5.76 Å². The lowest BCUT2D eigenvalue weighted by Gasteiger charge is -2.50. The summed E-state index contributed by atoms with van der Waals surface area (Å²) < 4.78 is 0. The molecule has 3 aliphatic rings. The molecule has 0 bridgehead atoms. The van der Waals surface area contributed by atoms with Gasteiger partial charge in [-0.25, -0.2) is 0 Å². The highest BCUT2D eigenvalue weighted by atomic mass is 16.3. The minimum absolute atomic E-state index is 0.00112. The van der Waals surface area contributed by atoms with Gasteiger partial charge in [0.05, 0.1) is 11.6 Å². The molecule has 1 fully saturated rings. The number of hydrogen-bond donors (Lipinski definition) is 6. The molecule has 1 aromatic carbocycles. The molecule has 3 aliphatic carbocycles. The maximum absolute atomic E-state index is 14.0. The second kappa shape index (κ2) is 9.29. The highest BCUT2D eigenvalue weighted by Crippen LogP contribution is 2.54. The predicted molar refractivity (Wildman–Crippen MR) is 142 cm³/mol. The van der Waals surface area contributed by atoms with Crippen molar-refractivity contribution in [1.29, 1.82) is 0 Å². The van der Waals surface area contributed by atoms with Crippen LogP contribution in [-0.2, 0) is 26.2 Å². The van der Waals surface area contributed by atoms with E-state index in [9.17, 15) is 39.9 Å². The van der Waals surface area contributed by atoms with Crippen LogP contribution in [0.5, 0.6) is 5.75 Å². The number of ketones is 2. The number of aliphatic hydroxyl groups is 4. The van der Waals surface area contributed by atoms with E-state index in [0.29, 0.717) is 22.4 Å². The van der Waals surface area contributed by atoms with E-state index in [-0.39, 0.29) is 29.7 Å². The molecule has 210 valence electrons. The first kappa shape index (κ1) is 28.5. The number of hydrogen-bond acceptors (Lipinski definition) is 10. The first-order valence-corrected chi connectivity index (χ1v) is 12.7. The van der Waals surface area contributed by atoms with E-state index in [1.54, 1.807) is 27.1 Å². The maximum atomic E-state index is 14.0. The van der Waals surface area contributed by atoms with Gasteiger partial charge in [-0.1, -0.05) is 20.8 Å². The normalized spacial score (nSPS) is 27.5. The van der Waals surface area contributed by atoms with Crippen molar-refractivity contribution in [2.75, 3.05) is 20.8 Å². The summed E-state index contributed by atoms with van der Waals surface area (Å²) in [5.41, 5.74) is 3.00. The number of amides is 1. The number of aliphatic imine (C=N–C) groups is 1. The number of nitrogens with two attached hydrogens (primary N) is 1. The number of aromatic hydroxyl groups is 1.